The van der Waals surface area contributed by atoms with E-state index in [0.29, 0.717) is 44.2 Å². The van der Waals surface area contributed by atoms with E-state index in [2.05, 4.69) is 10.6 Å². The smallest absolute Gasteiger partial charge is 0.230 e. The maximum absolute atomic E-state index is 13.4. The molecule has 0 aromatic heterocycles. The molecule has 1 aromatic rings. The Morgan fingerprint density at radius 2 is 1.96 bits per heavy atom. The quantitative estimate of drug-likeness (QED) is 0.748. The summed E-state index contributed by atoms with van der Waals surface area (Å²) in [4.78, 5) is 13.4. The Kier molecular flexibility index (Phi) is 8.38. The number of rotatable bonds is 6. The zero-order valence-electron chi connectivity index (χ0n) is 15.9. The van der Waals surface area contributed by atoms with E-state index < -0.39 is 5.41 Å². The number of carbonyl (C=O) groups is 1. The molecular formula is C20H30Cl2N2O3. The average Bonchev–Trinajstić information content (AvgIpc) is 2.68. The predicted molar refractivity (Wildman–Crippen MR) is 110 cm³/mol. The first-order valence-electron chi connectivity index (χ1n) is 9.42. The third kappa shape index (κ3) is 5.15. The number of carbonyl (C=O) groups excluding carboxylic acids is 1. The zero-order valence-corrected chi connectivity index (χ0v) is 17.5. The Hall–Kier alpha value is -0.850. The SMILES string of the molecule is COCC1(CNC(=O)C2(c3cccc(Cl)c3)CCOCC2)CCNCC1.Cl. The van der Waals surface area contributed by atoms with Crippen LogP contribution >= 0.6 is 24.0 Å². The van der Waals surface area contributed by atoms with E-state index in [1.54, 1.807) is 7.11 Å². The average molecular weight is 417 g/mol. The van der Waals surface area contributed by atoms with Crippen LogP contribution in [0.2, 0.25) is 5.02 Å². The molecule has 27 heavy (non-hydrogen) atoms. The van der Waals surface area contributed by atoms with Gasteiger partial charge in [-0.3, -0.25) is 4.79 Å². The first kappa shape index (κ1) is 22.4. The number of hydrogen-bond donors (Lipinski definition) is 2. The summed E-state index contributed by atoms with van der Waals surface area (Å²) in [5.74, 6) is 0.0806. The van der Waals surface area contributed by atoms with E-state index in [4.69, 9.17) is 21.1 Å². The first-order valence-corrected chi connectivity index (χ1v) is 9.80. The van der Waals surface area contributed by atoms with Gasteiger partial charge >= 0.3 is 0 Å². The van der Waals surface area contributed by atoms with Gasteiger partial charge in [0.25, 0.3) is 0 Å². The van der Waals surface area contributed by atoms with Crippen molar-refractivity contribution < 1.29 is 14.3 Å². The van der Waals surface area contributed by atoms with Gasteiger partial charge in [0.2, 0.25) is 5.91 Å². The maximum atomic E-state index is 13.4. The minimum absolute atomic E-state index is 0. The van der Waals surface area contributed by atoms with Crippen LogP contribution in [0.15, 0.2) is 24.3 Å². The van der Waals surface area contributed by atoms with Crippen LogP contribution < -0.4 is 10.6 Å². The molecule has 2 N–H and O–H groups in total. The Morgan fingerprint density at radius 1 is 1.26 bits per heavy atom. The van der Waals surface area contributed by atoms with Crippen molar-refractivity contribution in [3.05, 3.63) is 34.9 Å². The number of benzene rings is 1. The van der Waals surface area contributed by atoms with E-state index in [1.807, 2.05) is 24.3 Å². The lowest BCUT2D eigenvalue weighted by molar-refractivity contribution is -0.131. The molecule has 0 bridgehead atoms. The highest BCUT2D eigenvalue weighted by molar-refractivity contribution is 6.30. The molecule has 0 atom stereocenters. The minimum atomic E-state index is -0.565. The lowest BCUT2D eigenvalue weighted by Gasteiger charge is -2.40. The highest BCUT2D eigenvalue weighted by Gasteiger charge is 2.43. The molecule has 0 aliphatic carbocycles. The molecule has 0 spiro atoms. The Morgan fingerprint density at radius 3 is 2.59 bits per heavy atom. The lowest BCUT2D eigenvalue weighted by Crippen LogP contribution is -2.53. The van der Waals surface area contributed by atoms with Crippen molar-refractivity contribution in [1.29, 1.82) is 0 Å². The van der Waals surface area contributed by atoms with Crippen molar-refractivity contribution >= 4 is 29.9 Å². The predicted octanol–water partition coefficient (Wildman–Crippen LogP) is 2.94. The molecule has 1 aromatic carbocycles. The molecule has 0 radical (unpaired) electrons. The lowest BCUT2D eigenvalue weighted by atomic mass is 9.72. The van der Waals surface area contributed by atoms with Gasteiger partial charge in [-0.25, -0.2) is 0 Å². The highest BCUT2D eigenvalue weighted by Crippen LogP contribution is 2.37. The van der Waals surface area contributed by atoms with Crippen molar-refractivity contribution in [1.82, 2.24) is 10.6 Å². The fourth-order valence-electron chi connectivity index (χ4n) is 4.23. The highest BCUT2D eigenvalue weighted by atomic mass is 35.5. The number of amides is 1. The Balaban J connectivity index is 0.00000261. The second kappa shape index (κ2) is 10.1. The van der Waals surface area contributed by atoms with Gasteiger partial charge in [0, 0.05) is 37.3 Å². The van der Waals surface area contributed by atoms with Crippen LogP contribution in [-0.4, -0.2) is 52.5 Å². The third-order valence-electron chi connectivity index (χ3n) is 5.90. The van der Waals surface area contributed by atoms with Crippen LogP contribution in [0, 0.1) is 5.41 Å². The molecule has 2 saturated heterocycles. The van der Waals surface area contributed by atoms with Crippen molar-refractivity contribution in [2.75, 3.05) is 46.6 Å². The fraction of sp³-hybridized carbons (Fsp3) is 0.650. The second-order valence-electron chi connectivity index (χ2n) is 7.57. The summed E-state index contributed by atoms with van der Waals surface area (Å²) < 4.78 is 11.0. The molecule has 1 amide bonds. The largest absolute Gasteiger partial charge is 0.384 e. The summed E-state index contributed by atoms with van der Waals surface area (Å²) >= 11 is 6.21. The summed E-state index contributed by atoms with van der Waals surface area (Å²) in [6.07, 6.45) is 3.37. The first-order chi connectivity index (χ1) is 12.6. The summed E-state index contributed by atoms with van der Waals surface area (Å²) in [6, 6.07) is 7.69. The molecule has 0 unspecified atom stereocenters. The standard InChI is InChI=1S/C20H29ClN2O3.ClH/c1-25-15-19(5-9-22-10-6-19)14-23-18(24)20(7-11-26-12-8-20)16-3-2-4-17(21)13-16;/h2-4,13,22H,5-12,14-15H2,1H3,(H,23,24);1H. The summed E-state index contributed by atoms with van der Waals surface area (Å²) in [7, 11) is 1.73. The topological polar surface area (TPSA) is 59.6 Å². The Labute approximate surface area is 172 Å². The van der Waals surface area contributed by atoms with Crippen LogP contribution in [0.25, 0.3) is 0 Å². The summed E-state index contributed by atoms with van der Waals surface area (Å²) in [6.45, 7) is 4.42. The summed E-state index contributed by atoms with van der Waals surface area (Å²) in [5.41, 5.74) is 0.428. The molecule has 3 rings (SSSR count). The Bertz CT molecular complexity index is 609. The van der Waals surface area contributed by atoms with Gasteiger partial charge in [-0.05, 0) is 56.5 Å². The molecule has 2 fully saturated rings. The van der Waals surface area contributed by atoms with Gasteiger partial charge in [-0.15, -0.1) is 12.4 Å². The van der Waals surface area contributed by atoms with E-state index >= 15 is 0 Å². The van der Waals surface area contributed by atoms with Crippen LogP contribution in [-0.2, 0) is 19.7 Å². The molecule has 2 aliphatic heterocycles. The number of halogens is 2. The zero-order chi connectivity index (χ0) is 18.5. The molecule has 5 nitrogen and oxygen atoms in total. The van der Waals surface area contributed by atoms with Crippen LogP contribution in [0.3, 0.4) is 0 Å². The monoisotopic (exact) mass is 416 g/mol. The molecule has 152 valence electrons. The van der Waals surface area contributed by atoms with Gasteiger partial charge in [-0.1, -0.05) is 23.7 Å². The maximum Gasteiger partial charge on any atom is 0.230 e. The van der Waals surface area contributed by atoms with E-state index in [1.165, 1.54) is 0 Å². The van der Waals surface area contributed by atoms with Crippen LogP contribution in [0.4, 0.5) is 0 Å². The van der Waals surface area contributed by atoms with Crippen molar-refractivity contribution in [3.8, 4) is 0 Å². The van der Waals surface area contributed by atoms with Gasteiger partial charge < -0.3 is 20.1 Å². The number of nitrogens with one attached hydrogen (secondary N) is 2. The molecule has 2 aliphatic rings. The fourth-order valence-corrected chi connectivity index (χ4v) is 4.42. The van der Waals surface area contributed by atoms with Gasteiger partial charge in [0.05, 0.1) is 12.0 Å². The molecule has 7 heteroatoms. The molecule has 2 heterocycles. The number of hydrogen-bond acceptors (Lipinski definition) is 4. The van der Waals surface area contributed by atoms with Gasteiger partial charge in [0.1, 0.15) is 0 Å². The number of methoxy groups -OCH3 is 1. The normalized spacial score (nSPS) is 21.1. The van der Waals surface area contributed by atoms with Gasteiger partial charge in [0.15, 0.2) is 0 Å². The number of ether oxygens (including phenoxy) is 2. The van der Waals surface area contributed by atoms with Crippen molar-refractivity contribution in [2.45, 2.75) is 31.1 Å². The van der Waals surface area contributed by atoms with Crippen molar-refractivity contribution in [3.63, 3.8) is 0 Å². The van der Waals surface area contributed by atoms with Gasteiger partial charge in [-0.2, -0.15) is 0 Å². The third-order valence-corrected chi connectivity index (χ3v) is 6.13. The van der Waals surface area contributed by atoms with Crippen LogP contribution in [0.5, 0.6) is 0 Å². The van der Waals surface area contributed by atoms with Crippen LogP contribution in [0.1, 0.15) is 31.2 Å². The molecule has 0 saturated carbocycles. The molecular weight excluding hydrogens is 387 g/mol. The number of piperidine rings is 1. The summed E-state index contributed by atoms with van der Waals surface area (Å²) in [5, 5.41) is 7.31. The van der Waals surface area contributed by atoms with Crippen molar-refractivity contribution in [2.24, 2.45) is 5.41 Å². The minimum Gasteiger partial charge on any atom is -0.384 e. The van der Waals surface area contributed by atoms with E-state index in [0.717, 1.165) is 31.5 Å². The second-order valence-corrected chi connectivity index (χ2v) is 8.01. The van der Waals surface area contributed by atoms with E-state index in [-0.39, 0.29) is 23.7 Å². The van der Waals surface area contributed by atoms with E-state index in [9.17, 15) is 4.79 Å².